The quantitative estimate of drug-likeness (QED) is 0.914. The van der Waals surface area contributed by atoms with Crippen molar-refractivity contribution in [2.75, 3.05) is 4.72 Å². The van der Waals surface area contributed by atoms with Gasteiger partial charge in [0.25, 0.3) is 10.0 Å². The summed E-state index contributed by atoms with van der Waals surface area (Å²) < 4.78 is 26.8. The molecule has 0 aliphatic rings. The molecule has 1 aromatic heterocycles. The van der Waals surface area contributed by atoms with E-state index in [9.17, 15) is 8.42 Å². The number of aromatic nitrogens is 2. The van der Waals surface area contributed by atoms with Gasteiger partial charge < -0.3 is 0 Å². The third kappa shape index (κ3) is 3.92. The van der Waals surface area contributed by atoms with Crippen molar-refractivity contribution in [1.82, 2.24) is 10.2 Å². The number of halogens is 1. The fraction of sp³-hybridized carbons (Fsp3) is 0.286. The van der Waals surface area contributed by atoms with E-state index in [1.165, 1.54) is 12.1 Å². The van der Waals surface area contributed by atoms with E-state index in [2.05, 4.69) is 28.8 Å². The van der Waals surface area contributed by atoms with Gasteiger partial charge in [-0.15, -0.1) is 10.2 Å². The van der Waals surface area contributed by atoms with E-state index in [-0.39, 0.29) is 15.9 Å². The van der Waals surface area contributed by atoms with Crippen LogP contribution in [0.3, 0.4) is 0 Å². The number of hydrogen-bond acceptors (Lipinski definition) is 4. The summed E-state index contributed by atoms with van der Waals surface area (Å²) in [6.07, 6.45) is 1.00. The van der Waals surface area contributed by atoms with Crippen LogP contribution in [0.5, 0.6) is 0 Å². The molecular weight excluding hydrogens is 310 g/mol. The van der Waals surface area contributed by atoms with Gasteiger partial charge in [0.2, 0.25) is 0 Å². The molecule has 21 heavy (non-hydrogen) atoms. The minimum absolute atomic E-state index is 0.130. The molecule has 2 rings (SSSR count). The third-order valence-corrected chi connectivity index (χ3v) is 4.81. The van der Waals surface area contributed by atoms with Crippen LogP contribution in [0.15, 0.2) is 41.3 Å². The van der Waals surface area contributed by atoms with Crippen molar-refractivity contribution in [2.45, 2.75) is 31.1 Å². The van der Waals surface area contributed by atoms with Gasteiger partial charge in [-0.1, -0.05) is 37.6 Å². The van der Waals surface area contributed by atoms with Crippen LogP contribution in [-0.4, -0.2) is 18.6 Å². The molecule has 0 amide bonds. The molecule has 0 saturated carbocycles. The molecule has 0 bridgehead atoms. The van der Waals surface area contributed by atoms with E-state index < -0.39 is 10.0 Å². The summed E-state index contributed by atoms with van der Waals surface area (Å²) in [7, 11) is -3.67. The van der Waals surface area contributed by atoms with Gasteiger partial charge in [0.15, 0.2) is 11.0 Å². The van der Waals surface area contributed by atoms with Crippen LogP contribution >= 0.6 is 11.6 Å². The molecule has 7 heteroatoms. The number of hydrogen-bond donors (Lipinski definition) is 1. The summed E-state index contributed by atoms with van der Waals surface area (Å²) in [4.78, 5) is 0.186. The van der Waals surface area contributed by atoms with E-state index in [1.807, 2.05) is 12.1 Å². The van der Waals surface area contributed by atoms with Gasteiger partial charge in [0.1, 0.15) is 0 Å². The summed E-state index contributed by atoms with van der Waals surface area (Å²) in [5.74, 6) is 0.530. The maximum atomic E-state index is 12.2. The monoisotopic (exact) mass is 325 g/mol. The van der Waals surface area contributed by atoms with E-state index in [0.717, 1.165) is 12.0 Å². The molecule has 0 fully saturated rings. The van der Waals surface area contributed by atoms with Crippen molar-refractivity contribution in [3.05, 3.63) is 47.1 Å². The lowest BCUT2D eigenvalue weighted by Gasteiger charge is -2.10. The van der Waals surface area contributed by atoms with Crippen molar-refractivity contribution in [3.63, 3.8) is 0 Å². The van der Waals surface area contributed by atoms with Crippen LogP contribution < -0.4 is 4.72 Å². The van der Waals surface area contributed by atoms with Gasteiger partial charge in [-0.05, 0) is 42.2 Å². The first-order valence-corrected chi connectivity index (χ1v) is 8.40. The average molecular weight is 326 g/mol. The highest BCUT2D eigenvalue weighted by Crippen LogP contribution is 2.21. The van der Waals surface area contributed by atoms with E-state index in [1.54, 1.807) is 12.1 Å². The Kier molecular flexibility index (Phi) is 4.80. The summed E-state index contributed by atoms with van der Waals surface area (Å²) >= 11 is 5.61. The molecule has 112 valence electrons. The molecule has 1 aromatic carbocycles. The minimum atomic E-state index is -3.67. The Bertz CT molecular complexity index is 700. The zero-order valence-electron chi connectivity index (χ0n) is 11.7. The fourth-order valence-electron chi connectivity index (χ4n) is 1.78. The van der Waals surface area contributed by atoms with Gasteiger partial charge in [0, 0.05) is 0 Å². The van der Waals surface area contributed by atoms with Crippen LogP contribution in [0.4, 0.5) is 5.82 Å². The first-order valence-electron chi connectivity index (χ1n) is 6.54. The number of benzene rings is 1. The Morgan fingerprint density at radius 3 is 2.33 bits per heavy atom. The number of nitrogens with zero attached hydrogens (tertiary/aromatic N) is 2. The molecule has 1 heterocycles. The zero-order chi connectivity index (χ0) is 15.5. The van der Waals surface area contributed by atoms with Crippen LogP contribution in [0.2, 0.25) is 5.15 Å². The Morgan fingerprint density at radius 1 is 1.14 bits per heavy atom. The molecule has 0 aliphatic carbocycles. The predicted molar refractivity (Wildman–Crippen MR) is 83.0 cm³/mol. The molecule has 0 radical (unpaired) electrons. The summed E-state index contributed by atoms with van der Waals surface area (Å²) in [6.45, 7) is 4.20. The maximum Gasteiger partial charge on any atom is 0.263 e. The van der Waals surface area contributed by atoms with Gasteiger partial charge in [-0.2, -0.15) is 0 Å². The molecule has 0 saturated heterocycles. The minimum Gasteiger partial charge on any atom is -0.262 e. The largest absolute Gasteiger partial charge is 0.263 e. The second-order valence-corrected chi connectivity index (χ2v) is 6.79. The highest BCUT2D eigenvalue weighted by atomic mass is 35.5. The lowest BCUT2D eigenvalue weighted by molar-refractivity contribution is 0.600. The van der Waals surface area contributed by atoms with Gasteiger partial charge in [-0.25, -0.2) is 8.42 Å². The standard InChI is InChI=1S/C14H16ClN3O2S/c1-3-10(2)11-4-6-12(7-5-11)21(19,20)18-14-9-8-13(15)16-17-14/h4-10H,3H2,1-2H3,(H,17,18). The van der Waals surface area contributed by atoms with Gasteiger partial charge in [0.05, 0.1) is 4.90 Å². The topological polar surface area (TPSA) is 72.0 Å². The Morgan fingerprint density at radius 2 is 1.81 bits per heavy atom. The molecule has 0 aliphatic heterocycles. The first-order chi connectivity index (χ1) is 9.92. The van der Waals surface area contributed by atoms with Crippen LogP contribution in [0.25, 0.3) is 0 Å². The van der Waals surface area contributed by atoms with Gasteiger partial charge in [-0.3, -0.25) is 4.72 Å². The number of anilines is 1. The molecular formula is C14H16ClN3O2S. The normalized spacial score (nSPS) is 12.9. The summed E-state index contributed by atoms with van der Waals surface area (Å²) in [6, 6.07) is 9.77. The van der Waals surface area contributed by atoms with Crippen LogP contribution in [0.1, 0.15) is 31.7 Å². The molecule has 2 aromatic rings. The van der Waals surface area contributed by atoms with Crippen molar-refractivity contribution in [1.29, 1.82) is 0 Å². The van der Waals surface area contributed by atoms with E-state index in [4.69, 9.17) is 11.6 Å². The average Bonchev–Trinajstić information content (AvgIpc) is 2.49. The Hall–Kier alpha value is -1.66. The molecule has 1 atom stereocenters. The fourth-order valence-corrected chi connectivity index (χ4v) is 2.88. The highest BCUT2D eigenvalue weighted by Gasteiger charge is 2.15. The second-order valence-electron chi connectivity index (χ2n) is 4.73. The van der Waals surface area contributed by atoms with Crippen LogP contribution in [-0.2, 0) is 10.0 Å². The Balaban J connectivity index is 2.21. The number of nitrogens with one attached hydrogen (secondary N) is 1. The summed E-state index contributed by atoms with van der Waals surface area (Å²) in [5.41, 5.74) is 1.11. The molecule has 1 N–H and O–H groups in total. The number of rotatable bonds is 5. The zero-order valence-corrected chi connectivity index (χ0v) is 13.3. The van der Waals surface area contributed by atoms with Crippen molar-refractivity contribution in [3.8, 4) is 0 Å². The molecule has 1 unspecified atom stereocenters. The molecule has 0 spiro atoms. The lowest BCUT2D eigenvalue weighted by atomic mass is 9.99. The lowest BCUT2D eigenvalue weighted by Crippen LogP contribution is -2.14. The molecule has 5 nitrogen and oxygen atoms in total. The SMILES string of the molecule is CCC(C)c1ccc(S(=O)(=O)Nc2ccc(Cl)nn2)cc1. The number of sulfonamides is 1. The predicted octanol–water partition coefficient (Wildman–Crippen LogP) is 3.44. The highest BCUT2D eigenvalue weighted by molar-refractivity contribution is 7.92. The second kappa shape index (κ2) is 6.41. The van der Waals surface area contributed by atoms with Gasteiger partial charge >= 0.3 is 0 Å². The smallest absolute Gasteiger partial charge is 0.262 e. The van der Waals surface area contributed by atoms with Crippen molar-refractivity contribution >= 4 is 27.4 Å². The maximum absolute atomic E-state index is 12.2. The first kappa shape index (κ1) is 15.7. The van der Waals surface area contributed by atoms with Crippen LogP contribution in [0, 0.1) is 0 Å². The van der Waals surface area contributed by atoms with E-state index >= 15 is 0 Å². The summed E-state index contributed by atoms with van der Waals surface area (Å²) in [5, 5.41) is 7.47. The van der Waals surface area contributed by atoms with Crippen molar-refractivity contribution < 1.29 is 8.42 Å². The third-order valence-electron chi connectivity index (χ3n) is 3.24. The Labute approximate surface area is 129 Å². The van der Waals surface area contributed by atoms with Crippen molar-refractivity contribution in [2.24, 2.45) is 0 Å². The van der Waals surface area contributed by atoms with E-state index in [0.29, 0.717) is 5.92 Å².